The summed E-state index contributed by atoms with van der Waals surface area (Å²) >= 11 is 0. The second-order valence-corrected chi connectivity index (χ2v) is 8.47. The van der Waals surface area contributed by atoms with E-state index in [1.807, 2.05) is 4.90 Å². The normalized spacial score (nSPS) is 28.5. The van der Waals surface area contributed by atoms with Crippen molar-refractivity contribution in [2.45, 2.75) is 51.0 Å². The number of halogens is 1. The number of benzene rings is 1. The predicted molar refractivity (Wildman–Crippen MR) is 106 cm³/mol. The van der Waals surface area contributed by atoms with E-state index in [1.165, 1.54) is 42.0 Å². The zero-order chi connectivity index (χ0) is 20.4. The molecule has 7 heteroatoms. The number of carbonyl (C=O) groups excluding carboxylic acids is 3. The number of anilines is 1. The molecule has 1 N–H and O–H groups in total. The molecule has 4 rings (SSSR count). The molecule has 156 valence electrons. The molecule has 0 bridgehead atoms. The Balaban J connectivity index is 1.36. The molecule has 3 fully saturated rings. The van der Waals surface area contributed by atoms with Gasteiger partial charge in [-0.3, -0.25) is 14.4 Å². The lowest BCUT2D eigenvalue weighted by Crippen LogP contribution is -3.17. The first-order chi connectivity index (χ1) is 14.0. The van der Waals surface area contributed by atoms with E-state index in [2.05, 4.69) is 0 Å². The van der Waals surface area contributed by atoms with Gasteiger partial charge in [0.2, 0.25) is 11.8 Å². The van der Waals surface area contributed by atoms with Crippen LogP contribution in [0.1, 0.15) is 44.9 Å². The standard InChI is InChI=1S/C22H28FN3O3/c23-17-5-7-18(8-6-17)26-20(27)15-19(22(26)29)24-13-9-16(10-14-24)21(28)25-11-3-1-2-4-12-25/h5-8,16,19H,1-4,9-15H2/p+1/t19-/m1/s1. The highest BCUT2D eigenvalue weighted by Crippen LogP contribution is 2.23. The van der Waals surface area contributed by atoms with Gasteiger partial charge in [-0.1, -0.05) is 12.8 Å². The van der Waals surface area contributed by atoms with Crippen molar-refractivity contribution in [3.63, 3.8) is 0 Å². The van der Waals surface area contributed by atoms with Gasteiger partial charge in [-0.2, -0.15) is 0 Å². The first-order valence-electron chi connectivity index (χ1n) is 10.8. The average Bonchev–Trinajstić information content (AvgIpc) is 2.91. The fourth-order valence-corrected chi connectivity index (χ4v) is 4.95. The van der Waals surface area contributed by atoms with Gasteiger partial charge in [-0.25, -0.2) is 9.29 Å². The second-order valence-electron chi connectivity index (χ2n) is 8.47. The third-order valence-corrected chi connectivity index (χ3v) is 6.62. The van der Waals surface area contributed by atoms with Crippen LogP contribution in [0.25, 0.3) is 0 Å². The van der Waals surface area contributed by atoms with E-state index in [9.17, 15) is 18.8 Å². The molecule has 3 amide bonds. The SMILES string of the molecule is O=C(C1CC[NH+]([C@@H]2CC(=O)N(c3ccc(F)cc3)C2=O)CC1)N1CCCCCC1. The van der Waals surface area contributed by atoms with Gasteiger partial charge in [0.25, 0.3) is 5.91 Å². The zero-order valence-corrected chi connectivity index (χ0v) is 16.7. The van der Waals surface area contributed by atoms with Crippen LogP contribution in [0, 0.1) is 11.7 Å². The van der Waals surface area contributed by atoms with E-state index in [-0.39, 0.29) is 30.1 Å². The molecular formula is C22H29FN3O3+. The minimum atomic E-state index is -0.401. The fraction of sp³-hybridized carbons (Fsp3) is 0.591. The number of nitrogens with one attached hydrogen (secondary N) is 1. The minimum absolute atomic E-state index is 0.0391. The number of nitrogens with zero attached hydrogens (tertiary/aromatic N) is 2. The Morgan fingerprint density at radius 1 is 0.966 bits per heavy atom. The number of hydrogen-bond donors (Lipinski definition) is 1. The van der Waals surface area contributed by atoms with Gasteiger partial charge < -0.3 is 9.80 Å². The summed E-state index contributed by atoms with van der Waals surface area (Å²) in [5.41, 5.74) is 0.425. The van der Waals surface area contributed by atoms with Crippen LogP contribution in [0.5, 0.6) is 0 Å². The Hall–Kier alpha value is -2.28. The average molecular weight is 402 g/mol. The summed E-state index contributed by atoms with van der Waals surface area (Å²) in [7, 11) is 0. The van der Waals surface area contributed by atoms with Crippen LogP contribution in [0.15, 0.2) is 24.3 Å². The molecule has 1 atom stereocenters. The smallest absolute Gasteiger partial charge is 0.292 e. The Bertz CT molecular complexity index is 766. The van der Waals surface area contributed by atoms with E-state index in [0.29, 0.717) is 5.69 Å². The number of quaternary nitrogens is 1. The highest BCUT2D eigenvalue weighted by molar-refractivity contribution is 6.21. The van der Waals surface area contributed by atoms with Gasteiger partial charge >= 0.3 is 0 Å². The Morgan fingerprint density at radius 3 is 2.21 bits per heavy atom. The van der Waals surface area contributed by atoms with E-state index in [1.54, 1.807) is 0 Å². The monoisotopic (exact) mass is 402 g/mol. The van der Waals surface area contributed by atoms with Gasteiger partial charge in [0.15, 0.2) is 6.04 Å². The molecule has 0 radical (unpaired) electrons. The molecule has 1 aromatic carbocycles. The number of imide groups is 1. The van der Waals surface area contributed by atoms with Crippen molar-refractivity contribution in [1.82, 2.24) is 4.90 Å². The first kappa shape index (κ1) is 20.0. The molecule has 1 aromatic rings. The van der Waals surface area contributed by atoms with Crippen LogP contribution >= 0.6 is 0 Å². The van der Waals surface area contributed by atoms with Crippen molar-refractivity contribution in [1.29, 1.82) is 0 Å². The summed E-state index contributed by atoms with van der Waals surface area (Å²) in [4.78, 5) is 42.6. The van der Waals surface area contributed by atoms with Crippen LogP contribution in [-0.2, 0) is 14.4 Å². The van der Waals surface area contributed by atoms with Gasteiger partial charge in [0.05, 0.1) is 25.2 Å². The maximum absolute atomic E-state index is 13.2. The number of rotatable bonds is 3. The highest BCUT2D eigenvalue weighted by atomic mass is 19.1. The Morgan fingerprint density at radius 2 is 1.59 bits per heavy atom. The lowest BCUT2D eigenvalue weighted by molar-refractivity contribution is -0.920. The van der Waals surface area contributed by atoms with Crippen LogP contribution in [0.2, 0.25) is 0 Å². The van der Waals surface area contributed by atoms with Crippen molar-refractivity contribution in [3.8, 4) is 0 Å². The number of amides is 3. The van der Waals surface area contributed by atoms with Crippen molar-refractivity contribution in [2.24, 2.45) is 5.92 Å². The number of hydrogen-bond acceptors (Lipinski definition) is 3. The summed E-state index contributed by atoms with van der Waals surface area (Å²) in [6.45, 7) is 3.19. The summed E-state index contributed by atoms with van der Waals surface area (Å²) in [5.74, 6) is -0.535. The molecule has 0 saturated carbocycles. The molecular weight excluding hydrogens is 373 g/mol. The van der Waals surface area contributed by atoms with Crippen LogP contribution in [0.3, 0.4) is 0 Å². The molecule has 0 aliphatic carbocycles. The Kier molecular flexibility index (Phi) is 5.94. The molecule has 0 unspecified atom stereocenters. The summed E-state index contributed by atoms with van der Waals surface area (Å²) in [6.07, 6.45) is 6.29. The summed E-state index contributed by atoms with van der Waals surface area (Å²) in [5, 5.41) is 0. The topological polar surface area (TPSA) is 62.1 Å². The molecule has 29 heavy (non-hydrogen) atoms. The number of carbonyl (C=O) groups is 3. The van der Waals surface area contributed by atoms with Crippen LogP contribution in [0.4, 0.5) is 10.1 Å². The lowest BCUT2D eigenvalue weighted by atomic mass is 9.94. The van der Waals surface area contributed by atoms with E-state index in [0.717, 1.165) is 56.8 Å². The summed E-state index contributed by atoms with van der Waals surface area (Å²) < 4.78 is 13.2. The van der Waals surface area contributed by atoms with Crippen molar-refractivity contribution in [3.05, 3.63) is 30.1 Å². The van der Waals surface area contributed by atoms with Crippen LogP contribution in [-0.4, -0.2) is 54.8 Å². The molecule has 0 aromatic heterocycles. The summed E-state index contributed by atoms with van der Waals surface area (Å²) in [6, 6.07) is 5.05. The third-order valence-electron chi connectivity index (χ3n) is 6.62. The van der Waals surface area contributed by atoms with Gasteiger partial charge in [-0.15, -0.1) is 0 Å². The quantitative estimate of drug-likeness (QED) is 0.772. The fourth-order valence-electron chi connectivity index (χ4n) is 4.95. The van der Waals surface area contributed by atoms with E-state index < -0.39 is 11.9 Å². The van der Waals surface area contributed by atoms with Crippen molar-refractivity contribution in [2.75, 3.05) is 31.1 Å². The van der Waals surface area contributed by atoms with Gasteiger partial charge in [0.1, 0.15) is 5.82 Å². The number of likely N-dealkylation sites (tertiary alicyclic amines) is 2. The highest BCUT2D eigenvalue weighted by Gasteiger charge is 2.47. The van der Waals surface area contributed by atoms with Gasteiger partial charge in [0, 0.05) is 31.8 Å². The maximum atomic E-state index is 13.2. The predicted octanol–water partition coefficient (Wildman–Crippen LogP) is 1.16. The molecule has 3 aliphatic rings. The molecule has 3 saturated heterocycles. The molecule has 0 spiro atoms. The zero-order valence-electron chi connectivity index (χ0n) is 16.7. The Labute approximate surface area is 170 Å². The van der Waals surface area contributed by atoms with Crippen LogP contribution < -0.4 is 9.80 Å². The minimum Gasteiger partial charge on any atom is -0.342 e. The van der Waals surface area contributed by atoms with Crippen molar-refractivity contribution < 1.29 is 23.7 Å². The molecule has 6 nitrogen and oxygen atoms in total. The lowest BCUT2D eigenvalue weighted by Gasteiger charge is -2.33. The largest absolute Gasteiger partial charge is 0.342 e. The molecule has 3 aliphatic heterocycles. The third kappa shape index (κ3) is 4.20. The number of piperidine rings is 1. The van der Waals surface area contributed by atoms with E-state index >= 15 is 0 Å². The van der Waals surface area contributed by atoms with Gasteiger partial charge in [-0.05, 0) is 37.1 Å². The maximum Gasteiger partial charge on any atom is 0.292 e. The molecule has 3 heterocycles. The van der Waals surface area contributed by atoms with Crippen molar-refractivity contribution >= 4 is 23.4 Å². The second kappa shape index (κ2) is 8.61. The first-order valence-corrected chi connectivity index (χ1v) is 10.8. The van der Waals surface area contributed by atoms with E-state index in [4.69, 9.17) is 0 Å².